The van der Waals surface area contributed by atoms with E-state index in [1.807, 2.05) is 18.4 Å². The molecular weight excluding hydrogens is 264 g/mol. The topological polar surface area (TPSA) is 83.6 Å². The third kappa shape index (κ3) is 2.59. The van der Waals surface area contributed by atoms with E-state index in [1.54, 1.807) is 12.1 Å². The van der Waals surface area contributed by atoms with Gasteiger partial charge in [-0.2, -0.15) is 0 Å². The highest BCUT2D eigenvalue weighted by Gasteiger charge is 2.43. The average molecular weight is 280 g/mol. The second kappa shape index (κ2) is 5.22. The maximum absolute atomic E-state index is 12.4. The molecule has 0 bridgehead atoms. The Hall–Kier alpha value is -1.53. The number of carbonyl (C=O) groups excluding carboxylic acids is 1. The number of nitrogens with zero attached hydrogens (tertiary/aromatic N) is 1. The second-order valence-electron chi connectivity index (χ2n) is 4.64. The van der Waals surface area contributed by atoms with Crippen molar-refractivity contribution in [2.45, 2.75) is 16.9 Å². The van der Waals surface area contributed by atoms with Gasteiger partial charge in [-0.15, -0.1) is 11.8 Å². The number of rotatable bonds is 3. The Balaban J connectivity index is 2.20. The Morgan fingerprint density at radius 2 is 2.11 bits per heavy atom. The van der Waals surface area contributed by atoms with Crippen molar-refractivity contribution in [1.29, 1.82) is 0 Å². The smallest absolute Gasteiger partial charge is 0.325 e. The monoisotopic (exact) mass is 280 g/mol. The number of thioether (sulfide) groups is 1. The number of hydrogen-bond donors (Lipinski definition) is 2. The number of amides is 1. The molecule has 5 nitrogen and oxygen atoms in total. The molecule has 6 heteroatoms. The third-order valence-corrected chi connectivity index (χ3v) is 4.15. The fourth-order valence-electron chi connectivity index (χ4n) is 2.17. The predicted molar refractivity (Wildman–Crippen MR) is 73.3 cm³/mol. The molecule has 0 spiro atoms. The number of carbonyl (C=O) groups is 2. The standard InChI is InChI=1S/C13H16N2O3S/c1-19-10-5-3-2-4-9(10)11(16)15-7-6-13(14,8-15)12(17)18/h2-5H,6-8,14H2,1H3,(H,17,18). The van der Waals surface area contributed by atoms with Gasteiger partial charge in [0, 0.05) is 18.0 Å². The van der Waals surface area contributed by atoms with Crippen molar-refractivity contribution in [3.63, 3.8) is 0 Å². The third-order valence-electron chi connectivity index (χ3n) is 3.35. The highest BCUT2D eigenvalue weighted by Crippen LogP contribution is 2.25. The average Bonchev–Trinajstić information content (AvgIpc) is 2.82. The van der Waals surface area contributed by atoms with Crippen molar-refractivity contribution in [1.82, 2.24) is 4.90 Å². The van der Waals surface area contributed by atoms with Gasteiger partial charge < -0.3 is 15.7 Å². The highest BCUT2D eigenvalue weighted by atomic mass is 32.2. The van der Waals surface area contributed by atoms with Crippen LogP contribution in [-0.4, -0.2) is 46.8 Å². The summed E-state index contributed by atoms with van der Waals surface area (Å²) in [6, 6.07) is 7.30. The van der Waals surface area contributed by atoms with Gasteiger partial charge in [0.15, 0.2) is 0 Å². The van der Waals surface area contributed by atoms with E-state index in [-0.39, 0.29) is 18.9 Å². The molecule has 1 aromatic rings. The van der Waals surface area contributed by atoms with E-state index < -0.39 is 11.5 Å². The van der Waals surface area contributed by atoms with Crippen molar-refractivity contribution in [3.05, 3.63) is 29.8 Å². The summed E-state index contributed by atoms with van der Waals surface area (Å²) in [6.45, 7) is 0.439. The number of hydrogen-bond acceptors (Lipinski definition) is 4. The minimum absolute atomic E-state index is 0.0594. The molecule has 0 aliphatic carbocycles. The van der Waals surface area contributed by atoms with Gasteiger partial charge in [-0.05, 0) is 24.8 Å². The van der Waals surface area contributed by atoms with E-state index in [1.165, 1.54) is 16.7 Å². The minimum atomic E-state index is -1.32. The summed E-state index contributed by atoms with van der Waals surface area (Å²) in [5, 5.41) is 9.08. The largest absolute Gasteiger partial charge is 0.480 e. The molecule has 1 aromatic carbocycles. The van der Waals surface area contributed by atoms with Crippen LogP contribution >= 0.6 is 11.8 Å². The molecule has 102 valence electrons. The van der Waals surface area contributed by atoms with E-state index in [0.29, 0.717) is 12.1 Å². The van der Waals surface area contributed by atoms with Gasteiger partial charge >= 0.3 is 5.97 Å². The highest BCUT2D eigenvalue weighted by molar-refractivity contribution is 7.98. The fraction of sp³-hybridized carbons (Fsp3) is 0.385. The van der Waals surface area contributed by atoms with Crippen LogP contribution in [-0.2, 0) is 4.79 Å². The predicted octanol–water partition coefficient (Wildman–Crippen LogP) is 1.04. The van der Waals surface area contributed by atoms with Crippen LogP contribution in [0.25, 0.3) is 0 Å². The first-order valence-corrected chi connectivity index (χ1v) is 7.15. The van der Waals surface area contributed by atoms with Gasteiger partial charge in [0.05, 0.1) is 5.56 Å². The number of likely N-dealkylation sites (tertiary alicyclic amines) is 1. The molecule has 19 heavy (non-hydrogen) atoms. The van der Waals surface area contributed by atoms with Gasteiger partial charge in [-0.3, -0.25) is 9.59 Å². The molecule has 3 N–H and O–H groups in total. The van der Waals surface area contributed by atoms with Gasteiger partial charge in [0.2, 0.25) is 0 Å². The maximum atomic E-state index is 12.4. The van der Waals surface area contributed by atoms with Crippen molar-refractivity contribution < 1.29 is 14.7 Å². The number of aliphatic carboxylic acids is 1. The van der Waals surface area contributed by atoms with Gasteiger partial charge in [0.1, 0.15) is 5.54 Å². The van der Waals surface area contributed by atoms with Crippen LogP contribution in [0.3, 0.4) is 0 Å². The van der Waals surface area contributed by atoms with Crippen molar-refractivity contribution >= 4 is 23.6 Å². The lowest BCUT2D eigenvalue weighted by atomic mass is 10.0. The summed E-state index contributed by atoms with van der Waals surface area (Å²) in [5.41, 5.74) is 5.07. The lowest BCUT2D eigenvalue weighted by molar-refractivity contribution is -0.142. The summed E-state index contributed by atoms with van der Waals surface area (Å²) < 4.78 is 0. The first-order valence-electron chi connectivity index (χ1n) is 5.92. The molecule has 0 saturated carbocycles. The molecule has 1 atom stereocenters. The zero-order valence-electron chi connectivity index (χ0n) is 10.6. The van der Waals surface area contributed by atoms with Crippen LogP contribution in [0, 0.1) is 0 Å². The normalized spacial score (nSPS) is 22.5. The molecule has 0 radical (unpaired) electrons. The number of carboxylic acid groups (broad SMARTS) is 1. The van der Waals surface area contributed by atoms with Crippen LogP contribution in [0.5, 0.6) is 0 Å². The first-order chi connectivity index (χ1) is 8.98. The Morgan fingerprint density at radius 1 is 1.42 bits per heavy atom. The molecular formula is C13H16N2O3S. The molecule has 1 aliphatic heterocycles. The van der Waals surface area contributed by atoms with Crippen molar-refractivity contribution in [3.8, 4) is 0 Å². The van der Waals surface area contributed by atoms with Crippen LogP contribution in [0.15, 0.2) is 29.2 Å². The lowest BCUT2D eigenvalue weighted by Crippen LogP contribution is -2.50. The summed E-state index contributed by atoms with van der Waals surface area (Å²) >= 11 is 1.49. The lowest BCUT2D eigenvalue weighted by Gasteiger charge is -2.21. The van der Waals surface area contributed by atoms with Gasteiger partial charge in [0.25, 0.3) is 5.91 Å². The van der Waals surface area contributed by atoms with Crippen LogP contribution in [0.4, 0.5) is 0 Å². The van der Waals surface area contributed by atoms with Crippen molar-refractivity contribution in [2.24, 2.45) is 5.73 Å². The Labute approximate surface area is 115 Å². The number of nitrogens with two attached hydrogens (primary N) is 1. The van der Waals surface area contributed by atoms with Gasteiger partial charge in [-0.25, -0.2) is 0 Å². The summed E-state index contributed by atoms with van der Waals surface area (Å²) in [7, 11) is 0. The van der Waals surface area contributed by atoms with Crippen LogP contribution in [0.2, 0.25) is 0 Å². The summed E-state index contributed by atoms with van der Waals surface area (Å²) in [5.74, 6) is -1.21. The first kappa shape index (κ1) is 13.9. The quantitative estimate of drug-likeness (QED) is 0.808. The molecule has 1 fully saturated rings. The molecule has 2 rings (SSSR count). The van der Waals surface area contributed by atoms with Crippen molar-refractivity contribution in [2.75, 3.05) is 19.3 Å². The van der Waals surface area contributed by atoms with E-state index in [0.717, 1.165) is 4.90 Å². The Bertz CT molecular complexity index is 520. The zero-order chi connectivity index (χ0) is 14.0. The number of benzene rings is 1. The van der Waals surface area contributed by atoms with Gasteiger partial charge in [-0.1, -0.05) is 12.1 Å². The van der Waals surface area contributed by atoms with E-state index in [4.69, 9.17) is 10.8 Å². The van der Waals surface area contributed by atoms with E-state index >= 15 is 0 Å². The second-order valence-corrected chi connectivity index (χ2v) is 5.49. The molecule has 1 saturated heterocycles. The molecule has 1 heterocycles. The summed E-state index contributed by atoms with van der Waals surface area (Å²) in [6.07, 6.45) is 2.19. The molecule has 0 aromatic heterocycles. The van der Waals surface area contributed by atoms with E-state index in [2.05, 4.69) is 0 Å². The van der Waals surface area contributed by atoms with E-state index in [9.17, 15) is 9.59 Å². The molecule has 1 amide bonds. The molecule has 1 aliphatic rings. The summed E-state index contributed by atoms with van der Waals surface area (Å²) in [4.78, 5) is 25.9. The van der Waals surface area contributed by atoms with Crippen LogP contribution in [0.1, 0.15) is 16.8 Å². The van der Waals surface area contributed by atoms with Crippen LogP contribution < -0.4 is 5.73 Å². The Kier molecular flexibility index (Phi) is 3.82. The SMILES string of the molecule is CSc1ccccc1C(=O)N1CCC(N)(C(=O)O)C1. The fourth-order valence-corrected chi connectivity index (χ4v) is 2.76. The number of carboxylic acids is 1. The minimum Gasteiger partial charge on any atom is -0.480 e. The maximum Gasteiger partial charge on any atom is 0.325 e. The Morgan fingerprint density at radius 3 is 2.68 bits per heavy atom. The molecule has 1 unspecified atom stereocenters. The zero-order valence-corrected chi connectivity index (χ0v) is 11.4.